The number of amides is 2. The number of nitrogens with one attached hydrogen (secondary N) is 1. The van der Waals surface area contributed by atoms with E-state index in [-0.39, 0.29) is 24.2 Å². The van der Waals surface area contributed by atoms with Gasteiger partial charge in [-0.1, -0.05) is 26.0 Å². The quantitative estimate of drug-likeness (QED) is 0.900. The molecule has 114 valence electrons. The van der Waals surface area contributed by atoms with Crippen molar-refractivity contribution >= 4 is 17.5 Å². The molecule has 2 amide bonds. The summed E-state index contributed by atoms with van der Waals surface area (Å²) in [5, 5.41) is 2.90. The zero-order valence-electron chi connectivity index (χ0n) is 12.8. The maximum Gasteiger partial charge on any atom is 0.227 e. The molecule has 1 saturated heterocycles. The van der Waals surface area contributed by atoms with E-state index in [4.69, 9.17) is 4.74 Å². The maximum absolute atomic E-state index is 12.2. The molecule has 1 atom stereocenters. The van der Waals surface area contributed by atoms with Gasteiger partial charge >= 0.3 is 0 Å². The average Bonchev–Trinajstić information content (AvgIpc) is 2.86. The van der Waals surface area contributed by atoms with E-state index in [9.17, 15) is 9.59 Å². The molecule has 0 radical (unpaired) electrons. The molecule has 0 spiro atoms. The van der Waals surface area contributed by atoms with Gasteiger partial charge in [0.2, 0.25) is 11.8 Å². The van der Waals surface area contributed by atoms with E-state index in [0.717, 1.165) is 5.69 Å². The second kappa shape index (κ2) is 6.61. The lowest BCUT2D eigenvalue weighted by molar-refractivity contribution is -0.126. The van der Waals surface area contributed by atoms with E-state index in [1.54, 1.807) is 12.0 Å². The Labute approximate surface area is 125 Å². The second-order valence-electron chi connectivity index (χ2n) is 5.72. The molecule has 0 aromatic heterocycles. The van der Waals surface area contributed by atoms with E-state index < -0.39 is 0 Å². The summed E-state index contributed by atoms with van der Waals surface area (Å²) in [7, 11) is 1.58. The zero-order valence-corrected chi connectivity index (χ0v) is 12.8. The van der Waals surface area contributed by atoms with Crippen LogP contribution in [0.5, 0.6) is 5.75 Å². The summed E-state index contributed by atoms with van der Waals surface area (Å²) in [6.07, 6.45) is 0.252. The number of nitrogens with zero attached hydrogens (tertiary/aromatic N) is 1. The molecule has 0 saturated carbocycles. The molecule has 0 bridgehead atoms. The van der Waals surface area contributed by atoms with Gasteiger partial charge in [0, 0.05) is 19.5 Å². The van der Waals surface area contributed by atoms with Crippen LogP contribution in [-0.4, -0.2) is 32.0 Å². The Kier molecular flexibility index (Phi) is 4.83. The summed E-state index contributed by atoms with van der Waals surface area (Å²) in [6, 6.07) is 7.37. The van der Waals surface area contributed by atoms with Crippen molar-refractivity contribution in [3.8, 4) is 5.75 Å². The van der Waals surface area contributed by atoms with Gasteiger partial charge < -0.3 is 15.0 Å². The monoisotopic (exact) mass is 290 g/mol. The van der Waals surface area contributed by atoms with Crippen molar-refractivity contribution in [1.82, 2.24) is 5.32 Å². The highest BCUT2D eigenvalue weighted by atomic mass is 16.5. The Morgan fingerprint density at radius 1 is 1.43 bits per heavy atom. The number of rotatable bonds is 5. The molecule has 1 aromatic rings. The summed E-state index contributed by atoms with van der Waals surface area (Å²) in [4.78, 5) is 25.9. The Balaban J connectivity index is 2.07. The van der Waals surface area contributed by atoms with E-state index in [0.29, 0.717) is 24.8 Å². The van der Waals surface area contributed by atoms with Crippen molar-refractivity contribution in [2.75, 3.05) is 25.1 Å². The number of methoxy groups -OCH3 is 1. The fourth-order valence-electron chi connectivity index (χ4n) is 2.42. The fourth-order valence-corrected chi connectivity index (χ4v) is 2.42. The lowest BCUT2D eigenvalue weighted by atomic mass is 10.1. The smallest absolute Gasteiger partial charge is 0.227 e. The van der Waals surface area contributed by atoms with Crippen molar-refractivity contribution < 1.29 is 14.3 Å². The van der Waals surface area contributed by atoms with Crippen LogP contribution in [-0.2, 0) is 9.59 Å². The van der Waals surface area contributed by atoms with Crippen molar-refractivity contribution in [3.05, 3.63) is 24.3 Å². The van der Waals surface area contributed by atoms with Crippen LogP contribution in [0, 0.1) is 11.8 Å². The molecule has 5 heteroatoms. The minimum Gasteiger partial charge on any atom is -0.495 e. The van der Waals surface area contributed by atoms with Crippen molar-refractivity contribution in [2.24, 2.45) is 11.8 Å². The van der Waals surface area contributed by atoms with Crippen molar-refractivity contribution in [3.63, 3.8) is 0 Å². The van der Waals surface area contributed by atoms with Gasteiger partial charge in [0.05, 0.1) is 18.7 Å². The first-order valence-corrected chi connectivity index (χ1v) is 7.24. The normalized spacial score (nSPS) is 18.2. The Bertz CT molecular complexity index is 528. The molecular weight excluding hydrogens is 268 g/mol. The van der Waals surface area contributed by atoms with Gasteiger partial charge in [-0.05, 0) is 18.1 Å². The van der Waals surface area contributed by atoms with Crippen molar-refractivity contribution in [2.45, 2.75) is 20.3 Å². The summed E-state index contributed by atoms with van der Waals surface area (Å²) in [6.45, 7) is 5.13. The minimum atomic E-state index is -0.291. The number of para-hydroxylation sites is 2. The van der Waals surface area contributed by atoms with Gasteiger partial charge in [-0.15, -0.1) is 0 Å². The Hall–Kier alpha value is -2.04. The van der Waals surface area contributed by atoms with Gasteiger partial charge in [0.1, 0.15) is 5.75 Å². The molecule has 1 aliphatic heterocycles. The molecule has 2 rings (SSSR count). The van der Waals surface area contributed by atoms with Crippen molar-refractivity contribution in [1.29, 1.82) is 0 Å². The topological polar surface area (TPSA) is 58.6 Å². The zero-order chi connectivity index (χ0) is 15.4. The largest absolute Gasteiger partial charge is 0.495 e. The summed E-state index contributed by atoms with van der Waals surface area (Å²) < 4.78 is 5.29. The summed E-state index contributed by atoms with van der Waals surface area (Å²) in [5.74, 6) is 0.672. The van der Waals surface area contributed by atoms with Crippen LogP contribution in [0.3, 0.4) is 0 Å². The van der Waals surface area contributed by atoms with Crippen LogP contribution in [0.4, 0.5) is 5.69 Å². The highest BCUT2D eigenvalue weighted by Crippen LogP contribution is 2.32. The standard InChI is InChI=1S/C16H22N2O3/c1-11(2)9-17-16(20)12-8-15(19)18(10-12)13-6-4-5-7-14(13)21-3/h4-7,11-12H,8-10H2,1-3H3,(H,17,20). The third-order valence-electron chi connectivity index (χ3n) is 3.56. The molecule has 1 aromatic carbocycles. The highest BCUT2D eigenvalue weighted by Gasteiger charge is 2.36. The average molecular weight is 290 g/mol. The Morgan fingerprint density at radius 2 is 2.14 bits per heavy atom. The number of carbonyl (C=O) groups is 2. The molecular formula is C16H22N2O3. The van der Waals surface area contributed by atoms with Gasteiger partial charge in [-0.25, -0.2) is 0 Å². The number of hydrogen-bond donors (Lipinski definition) is 1. The first-order valence-electron chi connectivity index (χ1n) is 7.24. The number of hydrogen-bond acceptors (Lipinski definition) is 3. The van der Waals surface area contributed by atoms with Crippen LogP contribution < -0.4 is 15.0 Å². The van der Waals surface area contributed by atoms with E-state index >= 15 is 0 Å². The van der Waals surface area contributed by atoms with Gasteiger partial charge in [-0.2, -0.15) is 0 Å². The number of ether oxygens (including phenoxy) is 1. The van der Waals surface area contributed by atoms with Gasteiger partial charge in [0.25, 0.3) is 0 Å². The van der Waals surface area contributed by atoms with E-state index in [1.807, 2.05) is 38.1 Å². The molecule has 0 aliphatic carbocycles. The van der Waals surface area contributed by atoms with E-state index in [2.05, 4.69) is 5.32 Å². The first kappa shape index (κ1) is 15.4. The first-order chi connectivity index (χ1) is 10.0. The van der Waals surface area contributed by atoms with Gasteiger partial charge in [0.15, 0.2) is 0 Å². The number of anilines is 1. The van der Waals surface area contributed by atoms with Crippen LogP contribution in [0.15, 0.2) is 24.3 Å². The third kappa shape index (κ3) is 3.54. The SMILES string of the molecule is COc1ccccc1N1CC(C(=O)NCC(C)C)CC1=O. The molecule has 5 nitrogen and oxygen atoms in total. The van der Waals surface area contributed by atoms with Crippen LogP contribution >= 0.6 is 0 Å². The number of carbonyl (C=O) groups excluding carboxylic acids is 2. The molecule has 1 unspecified atom stereocenters. The Morgan fingerprint density at radius 3 is 2.81 bits per heavy atom. The van der Waals surface area contributed by atoms with E-state index in [1.165, 1.54) is 0 Å². The van der Waals surface area contributed by atoms with Crippen LogP contribution in [0.1, 0.15) is 20.3 Å². The van der Waals surface area contributed by atoms with Crippen LogP contribution in [0.25, 0.3) is 0 Å². The number of benzene rings is 1. The molecule has 1 heterocycles. The lowest BCUT2D eigenvalue weighted by Gasteiger charge is -2.19. The molecule has 21 heavy (non-hydrogen) atoms. The summed E-state index contributed by atoms with van der Waals surface area (Å²) >= 11 is 0. The maximum atomic E-state index is 12.2. The molecule has 1 aliphatic rings. The predicted molar refractivity (Wildman–Crippen MR) is 81.3 cm³/mol. The van der Waals surface area contributed by atoms with Gasteiger partial charge in [-0.3, -0.25) is 9.59 Å². The summed E-state index contributed by atoms with van der Waals surface area (Å²) in [5.41, 5.74) is 0.726. The second-order valence-corrected chi connectivity index (χ2v) is 5.72. The lowest BCUT2D eigenvalue weighted by Crippen LogP contribution is -2.35. The third-order valence-corrected chi connectivity index (χ3v) is 3.56. The fraction of sp³-hybridized carbons (Fsp3) is 0.500. The predicted octanol–water partition coefficient (Wildman–Crippen LogP) is 1.82. The minimum absolute atomic E-state index is 0.0378. The molecule has 1 fully saturated rings. The molecule has 1 N–H and O–H groups in total. The highest BCUT2D eigenvalue weighted by molar-refractivity contribution is 6.01. The van der Waals surface area contributed by atoms with Crippen LogP contribution in [0.2, 0.25) is 0 Å².